The quantitative estimate of drug-likeness (QED) is 0.529. The van der Waals surface area contributed by atoms with Gasteiger partial charge in [-0.3, -0.25) is 4.90 Å². The number of aromatic nitrogens is 4. The van der Waals surface area contributed by atoms with Crippen LogP contribution in [0.2, 0.25) is 0 Å². The Labute approximate surface area is 212 Å². The van der Waals surface area contributed by atoms with Crippen LogP contribution in [0.25, 0.3) is 11.9 Å². The summed E-state index contributed by atoms with van der Waals surface area (Å²) in [6.07, 6.45) is 5.55. The van der Waals surface area contributed by atoms with E-state index in [-0.39, 0.29) is 23.8 Å². The lowest BCUT2D eigenvalue weighted by molar-refractivity contribution is 0.141. The summed E-state index contributed by atoms with van der Waals surface area (Å²) in [5, 5.41) is 14.1. The molecule has 0 spiro atoms. The molecule has 0 saturated carbocycles. The molecule has 12 heteroatoms. The van der Waals surface area contributed by atoms with E-state index in [1.54, 1.807) is 10.9 Å². The number of nitrogens with two attached hydrogens (primary N) is 1. The number of ether oxygens (including phenoxy) is 1. The number of benzene rings is 1. The second kappa shape index (κ2) is 9.27. The lowest BCUT2D eigenvalue weighted by Crippen LogP contribution is -2.57. The van der Waals surface area contributed by atoms with Gasteiger partial charge in [-0.1, -0.05) is 12.2 Å². The first-order valence-electron chi connectivity index (χ1n) is 12.3. The van der Waals surface area contributed by atoms with Crippen LogP contribution in [-0.2, 0) is 0 Å². The molecule has 3 aliphatic rings. The van der Waals surface area contributed by atoms with Crippen LogP contribution in [0.15, 0.2) is 30.5 Å². The molecule has 194 valence electrons. The van der Waals surface area contributed by atoms with E-state index in [1.807, 2.05) is 28.9 Å². The SMILES string of the molecule is Cc1c(/C=C/CN2CCN3c4cc(F)cc(F)c4OCC3C2)cnn1-c1cc(N2CC(O)C2)nc(N)n1. The van der Waals surface area contributed by atoms with Gasteiger partial charge < -0.3 is 25.4 Å². The topological polar surface area (TPSA) is 109 Å². The summed E-state index contributed by atoms with van der Waals surface area (Å²) in [6.45, 7) is 6.25. The number of fused-ring (bicyclic) bond motifs is 3. The summed E-state index contributed by atoms with van der Waals surface area (Å²) in [4.78, 5) is 14.9. The van der Waals surface area contributed by atoms with Crippen LogP contribution < -0.4 is 20.3 Å². The van der Waals surface area contributed by atoms with Gasteiger partial charge in [-0.25, -0.2) is 13.5 Å². The minimum atomic E-state index is -0.657. The third-order valence-electron chi connectivity index (χ3n) is 7.11. The Morgan fingerprint density at radius 2 is 1.95 bits per heavy atom. The highest BCUT2D eigenvalue weighted by Gasteiger charge is 2.34. The molecule has 5 heterocycles. The van der Waals surface area contributed by atoms with Crippen molar-refractivity contribution in [2.24, 2.45) is 0 Å². The maximum Gasteiger partial charge on any atom is 0.224 e. The molecule has 37 heavy (non-hydrogen) atoms. The number of nitrogen functional groups attached to an aromatic ring is 1. The fourth-order valence-corrected chi connectivity index (χ4v) is 5.13. The number of halogens is 2. The highest BCUT2D eigenvalue weighted by molar-refractivity contribution is 5.62. The maximum atomic E-state index is 14.1. The van der Waals surface area contributed by atoms with Crippen molar-refractivity contribution < 1.29 is 18.6 Å². The molecule has 1 aromatic carbocycles. The van der Waals surface area contributed by atoms with Gasteiger partial charge in [0.15, 0.2) is 17.4 Å². The number of hydrogen-bond donors (Lipinski definition) is 2. The van der Waals surface area contributed by atoms with Gasteiger partial charge in [-0.05, 0) is 6.92 Å². The molecular weight excluding hydrogens is 482 g/mol. The molecule has 1 unspecified atom stereocenters. The van der Waals surface area contributed by atoms with E-state index >= 15 is 0 Å². The zero-order chi connectivity index (χ0) is 25.7. The normalized spacial score (nSPS) is 20.1. The van der Waals surface area contributed by atoms with Crippen molar-refractivity contribution in [3.05, 3.63) is 53.4 Å². The molecule has 0 bridgehead atoms. The molecule has 3 N–H and O–H groups in total. The van der Waals surface area contributed by atoms with Gasteiger partial charge in [-0.2, -0.15) is 15.1 Å². The standard InChI is InChI=1S/C25H28F2N8O2/c1-15-16(10-29-35(15)23-9-22(30-25(28)31-23)33-12-19(36)13-33)3-2-4-32-5-6-34-18(11-32)14-37-24-20(27)7-17(26)8-21(24)34/h2-3,7-10,18-19,36H,4-6,11-14H2,1H3,(H2,28,30,31)/b3-2+. The van der Waals surface area contributed by atoms with Crippen LogP contribution in [0.1, 0.15) is 11.3 Å². The summed E-state index contributed by atoms with van der Waals surface area (Å²) < 4.78 is 35.3. The van der Waals surface area contributed by atoms with Crippen LogP contribution in [0.3, 0.4) is 0 Å². The zero-order valence-corrected chi connectivity index (χ0v) is 20.4. The Kier molecular flexibility index (Phi) is 5.92. The number of anilines is 3. The van der Waals surface area contributed by atoms with Gasteiger partial charge in [0.25, 0.3) is 0 Å². The number of hydrogen-bond acceptors (Lipinski definition) is 9. The lowest BCUT2D eigenvalue weighted by atomic mass is 10.1. The number of nitrogens with zero attached hydrogens (tertiary/aromatic N) is 7. The van der Waals surface area contributed by atoms with Crippen LogP contribution in [0.4, 0.5) is 26.2 Å². The van der Waals surface area contributed by atoms with E-state index in [2.05, 4.69) is 26.0 Å². The second-order valence-electron chi connectivity index (χ2n) is 9.65. The molecule has 3 aromatic rings. The monoisotopic (exact) mass is 510 g/mol. The first kappa shape index (κ1) is 23.6. The van der Waals surface area contributed by atoms with Crippen LogP contribution in [-0.4, -0.2) is 87.8 Å². The van der Waals surface area contributed by atoms with E-state index in [1.165, 1.54) is 6.07 Å². The predicted octanol–water partition coefficient (Wildman–Crippen LogP) is 1.61. The van der Waals surface area contributed by atoms with Gasteiger partial charge in [0.05, 0.1) is 29.7 Å². The molecule has 1 atom stereocenters. The van der Waals surface area contributed by atoms with E-state index in [0.29, 0.717) is 43.6 Å². The van der Waals surface area contributed by atoms with E-state index in [0.717, 1.165) is 37.0 Å². The molecule has 0 aliphatic carbocycles. The Bertz CT molecular complexity index is 1360. The Balaban J connectivity index is 1.11. The summed E-state index contributed by atoms with van der Waals surface area (Å²) in [5.41, 5.74) is 8.29. The maximum absolute atomic E-state index is 14.1. The Hall–Kier alpha value is -3.77. The minimum Gasteiger partial charge on any atom is -0.486 e. The highest BCUT2D eigenvalue weighted by atomic mass is 19.1. The Morgan fingerprint density at radius 1 is 1.14 bits per heavy atom. The van der Waals surface area contributed by atoms with E-state index < -0.39 is 11.6 Å². The average Bonchev–Trinajstić information content (AvgIpc) is 3.21. The van der Waals surface area contributed by atoms with Gasteiger partial charge in [0, 0.05) is 63.0 Å². The van der Waals surface area contributed by atoms with Gasteiger partial charge in [0.2, 0.25) is 5.95 Å². The number of β-amino-alcohol motifs (C(OH)–C–C–N with tert-alkyl or cyclic N) is 1. The first-order chi connectivity index (χ1) is 17.9. The van der Waals surface area contributed by atoms with Crippen molar-refractivity contribution in [3.8, 4) is 11.6 Å². The third-order valence-corrected chi connectivity index (χ3v) is 7.11. The van der Waals surface area contributed by atoms with Gasteiger partial charge >= 0.3 is 0 Å². The fourth-order valence-electron chi connectivity index (χ4n) is 5.13. The number of piperazine rings is 1. The van der Waals surface area contributed by atoms with Crippen molar-refractivity contribution >= 4 is 23.5 Å². The summed E-state index contributed by atoms with van der Waals surface area (Å²) in [6, 6.07) is 4.06. The molecule has 3 aliphatic heterocycles. The highest BCUT2D eigenvalue weighted by Crippen LogP contribution is 2.38. The van der Waals surface area contributed by atoms with Gasteiger partial charge in [-0.15, -0.1) is 0 Å². The minimum absolute atomic E-state index is 0.0327. The second-order valence-corrected chi connectivity index (χ2v) is 9.65. The number of rotatable bonds is 5. The van der Waals surface area contributed by atoms with Crippen LogP contribution >= 0.6 is 0 Å². The molecular formula is C25H28F2N8O2. The summed E-state index contributed by atoms with van der Waals surface area (Å²) in [7, 11) is 0. The molecule has 2 saturated heterocycles. The average molecular weight is 511 g/mol. The number of aliphatic hydroxyl groups is 1. The molecule has 0 amide bonds. The van der Waals surface area contributed by atoms with Crippen LogP contribution in [0, 0.1) is 18.6 Å². The van der Waals surface area contributed by atoms with Crippen molar-refractivity contribution in [2.75, 3.05) is 61.4 Å². The van der Waals surface area contributed by atoms with E-state index in [4.69, 9.17) is 10.5 Å². The summed E-state index contributed by atoms with van der Waals surface area (Å²) in [5.74, 6) is 0.275. The third kappa shape index (κ3) is 4.46. The van der Waals surface area contributed by atoms with Crippen molar-refractivity contribution in [2.45, 2.75) is 19.1 Å². The number of aliphatic hydroxyl groups excluding tert-OH is 1. The molecule has 0 radical (unpaired) electrons. The Morgan fingerprint density at radius 3 is 2.76 bits per heavy atom. The fraction of sp³-hybridized carbons (Fsp3) is 0.400. The molecule has 2 aromatic heterocycles. The molecule has 10 nitrogen and oxygen atoms in total. The van der Waals surface area contributed by atoms with Crippen molar-refractivity contribution in [1.29, 1.82) is 0 Å². The molecule has 2 fully saturated rings. The largest absolute Gasteiger partial charge is 0.486 e. The van der Waals surface area contributed by atoms with Crippen molar-refractivity contribution in [1.82, 2.24) is 24.6 Å². The summed E-state index contributed by atoms with van der Waals surface area (Å²) >= 11 is 0. The van der Waals surface area contributed by atoms with Crippen molar-refractivity contribution in [3.63, 3.8) is 0 Å². The first-order valence-corrected chi connectivity index (χ1v) is 12.3. The lowest BCUT2D eigenvalue weighted by Gasteiger charge is -2.45. The molecule has 6 rings (SSSR count). The van der Waals surface area contributed by atoms with Gasteiger partial charge in [0.1, 0.15) is 18.2 Å². The van der Waals surface area contributed by atoms with E-state index in [9.17, 15) is 13.9 Å². The van der Waals surface area contributed by atoms with Crippen LogP contribution in [0.5, 0.6) is 5.75 Å². The zero-order valence-electron chi connectivity index (χ0n) is 20.4. The predicted molar refractivity (Wildman–Crippen MR) is 135 cm³/mol. The smallest absolute Gasteiger partial charge is 0.224 e.